The first-order valence-electron chi connectivity index (χ1n) is 8.07. The molecule has 6 heteroatoms. The van der Waals surface area contributed by atoms with E-state index in [9.17, 15) is 9.59 Å². The molecule has 1 saturated heterocycles. The minimum atomic E-state index is -0.684. The van der Waals surface area contributed by atoms with Gasteiger partial charge >= 0.3 is 6.09 Å². The van der Waals surface area contributed by atoms with E-state index in [0.29, 0.717) is 19.7 Å². The maximum absolute atomic E-state index is 12.4. The summed E-state index contributed by atoms with van der Waals surface area (Å²) in [6.07, 6.45) is 6.06. The molecule has 0 radical (unpaired) electrons. The van der Waals surface area contributed by atoms with E-state index in [1.807, 2.05) is 0 Å². The summed E-state index contributed by atoms with van der Waals surface area (Å²) in [6.45, 7) is 3.45. The van der Waals surface area contributed by atoms with Crippen LogP contribution in [0.3, 0.4) is 0 Å². The summed E-state index contributed by atoms with van der Waals surface area (Å²) in [6, 6.07) is 0.116. The van der Waals surface area contributed by atoms with Crippen molar-refractivity contribution in [2.24, 2.45) is 5.73 Å². The maximum Gasteiger partial charge on any atom is 0.409 e. The molecule has 1 heterocycles. The second kappa shape index (κ2) is 7.11. The number of piperidine rings is 1. The third kappa shape index (κ3) is 4.09. The molecule has 2 aliphatic rings. The van der Waals surface area contributed by atoms with Gasteiger partial charge in [0.2, 0.25) is 5.91 Å². The highest BCUT2D eigenvalue weighted by Gasteiger charge is 2.36. The van der Waals surface area contributed by atoms with Crippen molar-refractivity contribution in [1.82, 2.24) is 10.2 Å². The fraction of sp³-hybridized carbons (Fsp3) is 0.867. The standard InChI is InChI=1S/C15H27N3O3/c1-2-21-14(20)18-10-6-12(7-11-18)17-13(19)15(16)8-4-3-5-9-15/h12H,2-11,16H2,1H3,(H,17,19). The quantitative estimate of drug-likeness (QED) is 0.824. The molecule has 3 N–H and O–H groups in total. The lowest BCUT2D eigenvalue weighted by Crippen LogP contribution is -2.58. The van der Waals surface area contributed by atoms with Crippen LogP contribution in [-0.4, -0.2) is 48.2 Å². The van der Waals surface area contributed by atoms with E-state index >= 15 is 0 Å². The topological polar surface area (TPSA) is 84.7 Å². The Bertz CT molecular complexity index is 372. The van der Waals surface area contributed by atoms with Crippen LogP contribution in [0.25, 0.3) is 0 Å². The molecule has 0 bridgehead atoms. The Morgan fingerprint density at radius 1 is 1.24 bits per heavy atom. The average molecular weight is 297 g/mol. The Hall–Kier alpha value is -1.30. The lowest BCUT2D eigenvalue weighted by molar-refractivity contribution is -0.128. The van der Waals surface area contributed by atoms with Crippen molar-refractivity contribution in [2.45, 2.75) is 63.5 Å². The molecule has 0 aromatic rings. The van der Waals surface area contributed by atoms with Gasteiger partial charge in [0.05, 0.1) is 12.1 Å². The van der Waals surface area contributed by atoms with E-state index in [1.54, 1.807) is 11.8 Å². The molecule has 0 spiro atoms. The van der Waals surface area contributed by atoms with Gasteiger partial charge < -0.3 is 20.7 Å². The van der Waals surface area contributed by atoms with Crippen LogP contribution in [0.4, 0.5) is 4.79 Å². The molecule has 1 saturated carbocycles. The van der Waals surface area contributed by atoms with E-state index in [0.717, 1.165) is 38.5 Å². The molecule has 2 rings (SSSR count). The van der Waals surface area contributed by atoms with Crippen molar-refractivity contribution in [2.75, 3.05) is 19.7 Å². The fourth-order valence-corrected chi connectivity index (χ4v) is 3.16. The van der Waals surface area contributed by atoms with Gasteiger partial charge in [0.25, 0.3) is 0 Å². The van der Waals surface area contributed by atoms with Crippen LogP contribution < -0.4 is 11.1 Å². The summed E-state index contributed by atoms with van der Waals surface area (Å²) in [5.74, 6) is -0.0169. The first-order chi connectivity index (χ1) is 10.0. The maximum atomic E-state index is 12.4. The van der Waals surface area contributed by atoms with Crippen LogP contribution in [0.1, 0.15) is 51.9 Å². The molecular formula is C15H27N3O3. The highest BCUT2D eigenvalue weighted by Crippen LogP contribution is 2.26. The van der Waals surface area contributed by atoms with Crippen molar-refractivity contribution in [3.05, 3.63) is 0 Å². The van der Waals surface area contributed by atoms with Crippen molar-refractivity contribution < 1.29 is 14.3 Å². The Balaban J connectivity index is 1.78. The van der Waals surface area contributed by atoms with Gasteiger partial charge in [-0.2, -0.15) is 0 Å². The van der Waals surface area contributed by atoms with Crippen LogP contribution in [0, 0.1) is 0 Å². The van der Waals surface area contributed by atoms with Gasteiger partial charge in [0.15, 0.2) is 0 Å². The molecule has 0 aromatic heterocycles. The molecule has 1 aliphatic heterocycles. The lowest BCUT2D eigenvalue weighted by atomic mass is 9.81. The highest BCUT2D eigenvalue weighted by atomic mass is 16.6. The van der Waals surface area contributed by atoms with Crippen molar-refractivity contribution in [1.29, 1.82) is 0 Å². The van der Waals surface area contributed by atoms with Gasteiger partial charge in [-0.15, -0.1) is 0 Å². The second-order valence-corrected chi connectivity index (χ2v) is 6.15. The third-order valence-electron chi connectivity index (χ3n) is 4.55. The Morgan fingerprint density at radius 3 is 2.43 bits per heavy atom. The predicted molar refractivity (Wildman–Crippen MR) is 79.8 cm³/mol. The smallest absolute Gasteiger partial charge is 0.409 e. The van der Waals surface area contributed by atoms with E-state index < -0.39 is 5.54 Å². The number of likely N-dealkylation sites (tertiary alicyclic amines) is 1. The summed E-state index contributed by atoms with van der Waals surface area (Å²) >= 11 is 0. The van der Waals surface area contributed by atoms with Crippen LogP contribution in [0.2, 0.25) is 0 Å². The van der Waals surface area contributed by atoms with E-state index in [4.69, 9.17) is 10.5 Å². The number of ether oxygens (including phenoxy) is 1. The van der Waals surface area contributed by atoms with E-state index in [1.165, 1.54) is 6.42 Å². The number of hydrogen-bond donors (Lipinski definition) is 2. The number of rotatable bonds is 3. The number of hydrogen-bond acceptors (Lipinski definition) is 4. The Kier molecular flexibility index (Phi) is 5.45. The number of amides is 2. The summed E-state index contributed by atoms with van der Waals surface area (Å²) in [7, 11) is 0. The van der Waals surface area contributed by atoms with Crippen molar-refractivity contribution >= 4 is 12.0 Å². The minimum Gasteiger partial charge on any atom is -0.450 e. The monoisotopic (exact) mass is 297 g/mol. The number of nitrogens with one attached hydrogen (secondary N) is 1. The van der Waals surface area contributed by atoms with Crippen LogP contribution in [0.5, 0.6) is 0 Å². The van der Waals surface area contributed by atoms with Crippen LogP contribution in [-0.2, 0) is 9.53 Å². The molecule has 21 heavy (non-hydrogen) atoms. The van der Waals surface area contributed by atoms with Gasteiger partial charge in [0.1, 0.15) is 0 Å². The molecule has 0 atom stereocenters. The summed E-state index contributed by atoms with van der Waals surface area (Å²) in [4.78, 5) is 25.7. The predicted octanol–water partition coefficient (Wildman–Crippen LogP) is 1.39. The van der Waals surface area contributed by atoms with Crippen molar-refractivity contribution in [3.8, 4) is 0 Å². The zero-order valence-corrected chi connectivity index (χ0v) is 12.9. The zero-order chi connectivity index (χ0) is 15.3. The highest BCUT2D eigenvalue weighted by molar-refractivity contribution is 5.86. The lowest BCUT2D eigenvalue weighted by Gasteiger charge is -2.36. The first kappa shape index (κ1) is 16.1. The molecule has 1 aliphatic carbocycles. The molecule has 120 valence electrons. The molecule has 2 amide bonds. The molecule has 2 fully saturated rings. The Morgan fingerprint density at radius 2 is 1.86 bits per heavy atom. The molecular weight excluding hydrogens is 270 g/mol. The number of carbonyl (C=O) groups is 2. The Labute approximate surface area is 126 Å². The van der Waals surface area contributed by atoms with E-state index in [2.05, 4.69) is 5.32 Å². The van der Waals surface area contributed by atoms with E-state index in [-0.39, 0.29) is 18.0 Å². The van der Waals surface area contributed by atoms with Crippen LogP contribution >= 0.6 is 0 Å². The summed E-state index contributed by atoms with van der Waals surface area (Å²) in [5.41, 5.74) is 5.55. The van der Waals surface area contributed by atoms with Gasteiger partial charge in [-0.1, -0.05) is 19.3 Å². The molecule has 0 unspecified atom stereocenters. The first-order valence-corrected chi connectivity index (χ1v) is 8.07. The van der Waals surface area contributed by atoms with Gasteiger partial charge in [0, 0.05) is 19.1 Å². The minimum absolute atomic E-state index is 0.0169. The second-order valence-electron chi connectivity index (χ2n) is 6.15. The average Bonchev–Trinajstić information content (AvgIpc) is 2.49. The number of carbonyl (C=O) groups excluding carboxylic acids is 2. The van der Waals surface area contributed by atoms with Crippen molar-refractivity contribution in [3.63, 3.8) is 0 Å². The number of nitrogens with two attached hydrogens (primary N) is 1. The largest absolute Gasteiger partial charge is 0.450 e. The normalized spacial score (nSPS) is 22.7. The third-order valence-corrected chi connectivity index (χ3v) is 4.55. The number of nitrogens with zero attached hydrogens (tertiary/aromatic N) is 1. The molecule has 6 nitrogen and oxygen atoms in total. The van der Waals surface area contributed by atoms with Gasteiger partial charge in [-0.3, -0.25) is 4.79 Å². The zero-order valence-electron chi connectivity index (χ0n) is 12.9. The van der Waals surface area contributed by atoms with Gasteiger partial charge in [-0.25, -0.2) is 4.79 Å². The van der Waals surface area contributed by atoms with Crippen LogP contribution in [0.15, 0.2) is 0 Å². The summed E-state index contributed by atoms with van der Waals surface area (Å²) in [5, 5.41) is 3.08. The SMILES string of the molecule is CCOC(=O)N1CCC(NC(=O)C2(N)CCCCC2)CC1. The fourth-order valence-electron chi connectivity index (χ4n) is 3.16. The van der Waals surface area contributed by atoms with Gasteiger partial charge in [-0.05, 0) is 32.6 Å². The molecule has 0 aromatic carbocycles. The summed E-state index contributed by atoms with van der Waals surface area (Å²) < 4.78 is 4.99.